The quantitative estimate of drug-likeness (QED) is 0.318. The molecule has 0 aromatic rings. The van der Waals surface area contributed by atoms with E-state index in [1.807, 2.05) is 0 Å². The molecule has 0 bridgehead atoms. The smallest absolute Gasteiger partial charge is 0.265 e. The Morgan fingerprint density at radius 1 is 1.80 bits per heavy atom. The van der Waals surface area contributed by atoms with Gasteiger partial charge in [0.05, 0.1) is 0 Å². The van der Waals surface area contributed by atoms with Gasteiger partial charge in [-0.05, 0) is 6.42 Å². The summed E-state index contributed by atoms with van der Waals surface area (Å²) < 4.78 is 0. The average molecular weight is 144 g/mol. The fraction of sp³-hybridized carbons (Fsp3) is 0.600. The first kappa shape index (κ1) is 7.01. The van der Waals surface area contributed by atoms with E-state index in [0.717, 1.165) is 0 Å². The minimum absolute atomic E-state index is 0.145. The highest BCUT2D eigenvalue weighted by molar-refractivity contribution is 5.90. The third-order valence-corrected chi connectivity index (χ3v) is 1.42. The number of rotatable bonds is 1. The van der Waals surface area contributed by atoms with Gasteiger partial charge in [0.1, 0.15) is 6.04 Å². The first-order valence-electron chi connectivity index (χ1n) is 2.97. The first-order chi connectivity index (χ1) is 4.74. The Bertz CT molecular complexity index is 168. The van der Waals surface area contributed by atoms with Crippen LogP contribution in [0.25, 0.3) is 0 Å². The van der Waals surface area contributed by atoms with Gasteiger partial charge in [-0.15, -0.1) is 0 Å². The summed E-state index contributed by atoms with van der Waals surface area (Å²) in [6.45, 7) is 0. The van der Waals surface area contributed by atoms with E-state index in [0.29, 0.717) is 12.8 Å². The second kappa shape index (κ2) is 2.66. The number of carbonyl (C=O) groups is 2. The van der Waals surface area contributed by atoms with Crippen molar-refractivity contribution in [1.29, 1.82) is 0 Å². The van der Waals surface area contributed by atoms with Crippen molar-refractivity contribution in [2.24, 2.45) is 0 Å². The Balaban J connectivity index is 2.44. The maximum absolute atomic E-state index is 10.6. The number of hydrogen-bond acceptors (Lipinski definition) is 3. The summed E-state index contributed by atoms with van der Waals surface area (Å²) >= 11 is 0. The first-order valence-corrected chi connectivity index (χ1v) is 2.97. The normalized spacial score (nSPS) is 24.1. The zero-order valence-electron chi connectivity index (χ0n) is 5.26. The van der Waals surface area contributed by atoms with Crippen LogP contribution in [-0.4, -0.2) is 23.1 Å². The lowest BCUT2D eigenvalue weighted by molar-refractivity contribution is -0.132. The molecule has 1 unspecified atom stereocenters. The summed E-state index contributed by atoms with van der Waals surface area (Å²) in [6.07, 6.45) is 0.823. The van der Waals surface area contributed by atoms with E-state index in [2.05, 4.69) is 5.32 Å². The number of nitrogens with one attached hydrogen (secondary N) is 2. The molecule has 5 nitrogen and oxygen atoms in total. The topological polar surface area (TPSA) is 78.4 Å². The van der Waals surface area contributed by atoms with Crippen molar-refractivity contribution >= 4 is 11.8 Å². The van der Waals surface area contributed by atoms with Crippen molar-refractivity contribution in [3.05, 3.63) is 0 Å². The van der Waals surface area contributed by atoms with E-state index >= 15 is 0 Å². The minimum Gasteiger partial charge on any atom is -0.344 e. The van der Waals surface area contributed by atoms with Gasteiger partial charge >= 0.3 is 0 Å². The summed E-state index contributed by atoms with van der Waals surface area (Å²) in [7, 11) is 0. The van der Waals surface area contributed by atoms with Gasteiger partial charge in [0, 0.05) is 6.42 Å². The van der Waals surface area contributed by atoms with Crippen LogP contribution >= 0.6 is 0 Å². The average Bonchev–Trinajstić information content (AvgIpc) is 2.34. The minimum atomic E-state index is -0.550. The van der Waals surface area contributed by atoms with Crippen LogP contribution in [0.5, 0.6) is 0 Å². The highest BCUT2D eigenvalue weighted by Gasteiger charge is 2.26. The van der Waals surface area contributed by atoms with E-state index in [4.69, 9.17) is 5.21 Å². The number of amides is 2. The number of hydrogen-bond donors (Lipinski definition) is 3. The van der Waals surface area contributed by atoms with Crippen LogP contribution in [0, 0.1) is 0 Å². The molecule has 1 fully saturated rings. The van der Waals surface area contributed by atoms with Crippen LogP contribution in [0.2, 0.25) is 0 Å². The van der Waals surface area contributed by atoms with Gasteiger partial charge in [0.15, 0.2) is 0 Å². The molecule has 1 atom stereocenters. The summed E-state index contributed by atoms with van der Waals surface area (Å²) in [6, 6.07) is -0.544. The Morgan fingerprint density at radius 3 is 2.90 bits per heavy atom. The molecule has 2 amide bonds. The SMILES string of the molecule is O=C1CCC(C(=O)NO)N1. The molecular formula is C5H8N2O3. The zero-order chi connectivity index (χ0) is 7.56. The second-order valence-electron chi connectivity index (χ2n) is 2.13. The molecule has 1 aliphatic rings. The number of carbonyl (C=O) groups excluding carboxylic acids is 2. The Labute approximate surface area is 57.4 Å². The Morgan fingerprint density at radius 2 is 2.50 bits per heavy atom. The molecule has 0 aromatic heterocycles. The van der Waals surface area contributed by atoms with Crippen LogP contribution < -0.4 is 10.8 Å². The molecule has 56 valence electrons. The van der Waals surface area contributed by atoms with Gasteiger partial charge in [-0.25, -0.2) is 5.48 Å². The van der Waals surface area contributed by atoms with Gasteiger partial charge < -0.3 is 5.32 Å². The maximum atomic E-state index is 10.6. The van der Waals surface area contributed by atoms with Crippen molar-refractivity contribution in [2.75, 3.05) is 0 Å². The molecule has 5 heteroatoms. The molecule has 3 N–H and O–H groups in total. The predicted octanol–water partition coefficient (Wildman–Crippen LogP) is -1.23. The molecule has 0 spiro atoms. The van der Waals surface area contributed by atoms with Crippen LogP contribution in [-0.2, 0) is 9.59 Å². The van der Waals surface area contributed by atoms with Gasteiger partial charge in [0.25, 0.3) is 5.91 Å². The zero-order valence-corrected chi connectivity index (χ0v) is 5.26. The standard InChI is InChI=1S/C5H8N2O3/c8-4-2-1-3(6-4)5(9)7-10/h3,10H,1-2H2,(H,6,8)(H,7,9). The molecule has 0 aromatic carbocycles. The lowest BCUT2D eigenvalue weighted by Gasteiger charge is -2.04. The summed E-state index contributed by atoms with van der Waals surface area (Å²) in [5, 5.41) is 10.5. The van der Waals surface area contributed by atoms with E-state index in [-0.39, 0.29) is 5.91 Å². The van der Waals surface area contributed by atoms with Gasteiger partial charge in [0.2, 0.25) is 5.91 Å². The van der Waals surface area contributed by atoms with E-state index in [1.54, 1.807) is 0 Å². The highest BCUT2D eigenvalue weighted by Crippen LogP contribution is 2.05. The fourth-order valence-corrected chi connectivity index (χ4v) is 0.889. The van der Waals surface area contributed by atoms with Gasteiger partial charge in [-0.2, -0.15) is 0 Å². The molecule has 1 aliphatic heterocycles. The molecule has 10 heavy (non-hydrogen) atoms. The van der Waals surface area contributed by atoms with Crippen molar-refractivity contribution in [2.45, 2.75) is 18.9 Å². The summed E-state index contributed by atoms with van der Waals surface area (Å²) in [4.78, 5) is 21.1. The van der Waals surface area contributed by atoms with E-state index in [9.17, 15) is 9.59 Å². The van der Waals surface area contributed by atoms with Crippen molar-refractivity contribution in [3.8, 4) is 0 Å². The van der Waals surface area contributed by atoms with Gasteiger partial charge in [-0.1, -0.05) is 0 Å². The molecule has 0 radical (unpaired) electrons. The van der Waals surface area contributed by atoms with Crippen LogP contribution in [0.3, 0.4) is 0 Å². The van der Waals surface area contributed by atoms with Crippen molar-refractivity contribution in [1.82, 2.24) is 10.8 Å². The van der Waals surface area contributed by atoms with E-state index in [1.165, 1.54) is 5.48 Å². The van der Waals surface area contributed by atoms with E-state index < -0.39 is 11.9 Å². The number of hydroxylamine groups is 1. The lowest BCUT2D eigenvalue weighted by atomic mass is 10.2. The lowest BCUT2D eigenvalue weighted by Crippen LogP contribution is -2.40. The third-order valence-electron chi connectivity index (χ3n) is 1.42. The van der Waals surface area contributed by atoms with Gasteiger partial charge in [-0.3, -0.25) is 14.8 Å². The van der Waals surface area contributed by atoms with Crippen LogP contribution in [0.1, 0.15) is 12.8 Å². The molecular weight excluding hydrogens is 136 g/mol. The monoisotopic (exact) mass is 144 g/mol. The highest BCUT2D eigenvalue weighted by atomic mass is 16.5. The largest absolute Gasteiger partial charge is 0.344 e. The van der Waals surface area contributed by atoms with Crippen molar-refractivity contribution in [3.63, 3.8) is 0 Å². The van der Waals surface area contributed by atoms with Crippen LogP contribution in [0.4, 0.5) is 0 Å². The predicted molar refractivity (Wildman–Crippen MR) is 31.1 cm³/mol. The Kier molecular flexibility index (Phi) is 1.86. The molecule has 0 aliphatic carbocycles. The molecule has 1 rings (SSSR count). The maximum Gasteiger partial charge on any atom is 0.265 e. The van der Waals surface area contributed by atoms with Crippen LogP contribution in [0.15, 0.2) is 0 Å². The summed E-state index contributed by atoms with van der Waals surface area (Å²) in [5.74, 6) is -0.695. The Hall–Kier alpha value is -1.10. The van der Waals surface area contributed by atoms with Crippen molar-refractivity contribution < 1.29 is 14.8 Å². The second-order valence-corrected chi connectivity index (χ2v) is 2.13. The fourth-order valence-electron chi connectivity index (χ4n) is 0.889. The third kappa shape index (κ3) is 1.24. The molecule has 0 saturated carbocycles. The summed E-state index contributed by atoms with van der Waals surface area (Å²) in [5.41, 5.74) is 1.47. The molecule has 1 heterocycles. The molecule has 1 saturated heterocycles.